The Morgan fingerprint density at radius 3 is 2.42 bits per heavy atom. The zero-order valence-electron chi connectivity index (χ0n) is 11.3. The van der Waals surface area contributed by atoms with Gasteiger partial charge in [0.25, 0.3) is 5.56 Å². The molecule has 7 heteroatoms. The van der Waals surface area contributed by atoms with Crippen LogP contribution in [0.15, 0.2) is 9.59 Å². The fourth-order valence-electron chi connectivity index (χ4n) is 2.27. The van der Waals surface area contributed by atoms with E-state index in [1.807, 2.05) is 13.8 Å². The van der Waals surface area contributed by atoms with Gasteiger partial charge < -0.3 is 4.57 Å². The minimum Gasteiger partial charge on any atom is -0.321 e. The molecular formula is C12H17ClN4O2. The standard InChI is InChI=1S/C12H17ClN4O2/c1-4-6-17-10-9(11(18)15(3)12(17)19)16(5-2)8(7-13)14-10/h4-7H2,1-3H3. The third-order valence-electron chi connectivity index (χ3n) is 3.19. The minimum absolute atomic E-state index is 0.214. The average Bonchev–Trinajstić information content (AvgIpc) is 2.79. The molecule has 0 unspecified atom stereocenters. The highest BCUT2D eigenvalue weighted by Crippen LogP contribution is 2.13. The van der Waals surface area contributed by atoms with Crippen LogP contribution >= 0.6 is 11.6 Å². The van der Waals surface area contributed by atoms with Gasteiger partial charge in [-0.2, -0.15) is 0 Å². The number of aryl methyl sites for hydroxylation is 2. The lowest BCUT2D eigenvalue weighted by Crippen LogP contribution is -2.38. The molecule has 0 fully saturated rings. The molecule has 2 aromatic rings. The molecule has 0 aliphatic heterocycles. The van der Waals surface area contributed by atoms with E-state index in [1.165, 1.54) is 7.05 Å². The number of halogens is 1. The van der Waals surface area contributed by atoms with Gasteiger partial charge in [0.1, 0.15) is 5.82 Å². The van der Waals surface area contributed by atoms with Crippen molar-refractivity contribution in [3.05, 3.63) is 26.7 Å². The zero-order valence-corrected chi connectivity index (χ0v) is 12.1. The second-order valence-electron chi connectivity index (χ2n) is 4.38. The maximum Gasteiger partial charge on any atom is 0.332 e. The summed E-state index contributed by atoms with van der Waals surface area (Å²) in [5, 5.41) is 0. The molecule has 0 N–H and O–H groups in total. The normalized spacial score (nSPS) is 11.4. The van der Waals surface area contributed by atoms with E-state index in [2.05, 4.69) is 4.98 Å². The second-order valence-corrected chi connectivity index (χ2v) is 4.64. The van der Waals surface area contributed by atoms with Crippen LogP contribution in [0.25, 0.3) is 11.2 Å². The molecule has 0 saturated heterocycles. The monoisotopic (exact) mass is 284 g/mol. The Morgan fingerprint density at radius 1 is 1.21 bits per heavy atom. The predicted molar refractivity (Wildman–Crippen MR) is 74.8 cm³/mol. The van der Waals surface area contributed by atoms with Gasteiger partial charge in [0.15, 0.2) is 11.2 Å². The molecule has 0 amide bonds. The first kappa shape index (κ1) is 13.9. The molecule has 0 bridgehead atoms. The number of nitrogens with zero attached hydrogens (tertiary/aromatic N) is 4. The molecule has 0 aliphatic carbocycles. The van der Waals surface area contributed by atoms with E-state index in [9.17, 15) is 9.59 Å². The van der Waals surface area contributed by atoms with E-state index < -0.39 is 0 Å². The highest BCUT2D eigenvalue weighted by Gasteiger charge is 2.18. The number of fused-ring (bicyclic) bond motifs is 1. The van der Waals surface area contributed by atoms with Gasteiger partial charge in [-0.3, -0.25) is 13.9 Å². The Labute approximate surface area is 115 Å². The second kappa shape index (κ2) is 5.21. The van der Waals surface area contributed by atoms with E-state index in [1.54, 1.807) is 9.13 Å². The Bertz CT molecular complexity index is 726. The van der Waals surface area contributed by atoms with Crippen LogP contribution in [-0.4, -0.2) is 18.7 Å². The Morgan fingerprint density at radius 2 is 1.89 bits per heavy atom. The number of hydrogen-bond donors (Lipinski definition) is 0. The molecule has 2 aromatic heterocycles. The van der Waals surface area contributed by atoms with E-state index >= 15 is 0 Å². The lowest BCUT2D eigenvalue weighted by Gasteiger charge is -2.08. The first-order valence-corrected chi connectivity index (χ1v) is 6.85. The fraction of sp³-hybridized carbons (Fsp3) is 0.583. The molecule has 6 nitrogen and oxygen atoms in total. The number of alkyl halides is 1. The van der Waals surface area contributed by atoms with Gasteiger partial charge in [0, 0.05) is 20.1 Å². The number of imidazole rings is 1. The molecule has 0 saturated carbocycles. The van der Waals surface area contributed by atoms with Crippen LogP contribution in [0.1, 0.15) is 26.1 Å². The molecule has 19 heavy (non-hydrogen) atoms. The van der Waals surface area contributed by atoms with Crippen LogP contribution in [0.5, 0.6) is 0 Å². The zero-order chi connectivity index (χ0) is 14.2. The summed E-state index contributed by atoms with van der Waals surface area (Å²) in [5.41, 5.74) is 0.237. The maximum absolute atomic E-state index is 12.3. The van der Waals surface area contributed by atoms with Gasteiger partial charge >= 0.3 is 5.69 Å². The third kappa shape index (κ3) is 2.00. The largest absolute Gasteiger partial charge is 0.332 e. The van der Waals surface area contributed by atoms with Crippen molar-refractivity contribution in [2.24, 2.45) is 7.05 Å². The number of rotatable bonds is 4. The molecule has 0 spiro atoms. The molecule has 2 heterocycles. The van der Waals surface area contributed by atoms with Gasteiger partial charge in [-0.1, -0.05) is 6.92 Å². The van der Waals surface area contributed by atoms with Crippen molar-refractivity contribution in [2.45, 2.75) is 39.2 Å². The summed E-state index contributed by atoms with van der Waals surface area (Å²) in [6.45, 7) is 5.03. The van der Waals surface area contributed by atoms with E-state index in [0.717, 1.165) is 11.0 Å². The van der Waals surface area contributed by atoms with Crippen molar-refractivity contribution in [1.29, 1.82) is 0 Å². The molecule has 0 aliphatic rings. The average molecular weight is 285 g/mol. The Hall–Kier alpha value is -1.56. The summed E-state index contributed by atoms with van der Waals surface area (Å²) in [5.74, 6) is 0.832. The summed E-state index contributed by atoms with van der Waals surface area (Å²) in [4.78, 5) is 28.8. The number of aromatic nitrogens is 4. The maximum atomic E-state index is 12.3. The van der Waals surface area contributed by atoms with E-state index in [0.29, 0.717) is 30.1 Å². The van der Waals surface area contributed by atoms with Gasteiger partial charge in [-0.25, -0.2) is 9.78 Å². The van der Waals surface area contributed by atoms with Crippen LogP contribution in [0.3, 0.4) is 0 Å². The van der Waals surface area contributed by atoms with Crippen LogP contribution in [0.4, 0.5) is 0 Å². The van der Waals surface area contributed by atoms with Gasteiger partial charge in [-0.15, -0.1) is 11.6 Å². The minimum atomic E-state index is -0.332. The van der Waals surface area contributed by atoms with Gasteiger partial charge in [-0.05, 0) is 13.3 Å². The SMILES string of the molecule is CCCn1c(=O)n(C)c(=O)c2c1nc(CCl)n2CC. The van der Waals surface area contributed by atoms with Crippen LogP contribution in [0.2, 0.25) is 0 Å². The predicted octanol–water partition coefficient (Wildman–Crippen LogP) is 1.07. The van der Waals surface area contributed by atoms with Crippen molar-refractivity contribution < 1.29 is 0 Å². The summed E-state index contributed by atoms with van der Waals surface area (Å²) < 4.78 is 4.44. The van der Waals surface area contributed by atoms with Crippen molar-refractivity contribution in [3.63, 3.8) is 0 Å². The highest BCUT2D eigenvalue weighted by molar-refractivity contribution is 6.16. The topological polar surface area (TPSA) is 61.8 Å². The Balaban J connectivity index is 3.00. The van der Waals surface area contributed by atoms with Crippen LogP contribution < -0.4 is 11.2 Å². The smallest absolute Gasteiger partial charge is 0.321 e. The molecule has 0 aromatic carbocycles. The van der Waals surface area contributed by atoms with E-state index in [-0.39, 0.29) is 17.1 Å². The van der Waals surface area contributed by atoms with E-state index in [4.69, 9.17) is 11.6 Å². The Kier molecular flexibility index (Phi) is 3.80. The number of hydrogen-bond acceptors (Lipinski definition) is 3. The lowest BCUT2D eigenvalue weighted by molar-refractivity contribution is 0.609. The quantitative estimate of drug-likeness (QED) is 0.789. The highest BCUT2D eigenvalue weighted by atomic mass is 35.5. The molecular weight excluding hydrogens is 268 g/mol. The van der Waals surface area contributed by atoms with Gasteiger partial charge in [0.2, 0.25) is 0 Å². The van der Waals surface area contributed by atoms with Crippen molar-refractivity contribution in [3.8, 4) is 0 Å². The molecule has 0 radical (unpaired) electrons. The summed E-state index contributed by atoms with van der Waals surface area (Å²) >= 11 is 5.86. The van der Waals surface area contributed by atoms with Crippen molar-refractivity contribution >= 4 is 22.8 Å². The fourth-order valence-corrected chi connectivity index (χ4v) is 2.47. The summed E-state index contributed by atoms with van der Waals surface area (Å²) in [6, 6.07) is 0. The summed E-state index contributed by atoms with van der Waals surface area (Å²) in [7, 11) is 1.49. The van der Waals surface area contributed by atoms with Crippen LogP contribution in [0, 0.1) is 0 Å². The van der Waals surface area contributed by atoms with Gasteiger partial charge in [0.05, 0.1) is 5.88 Å². The first-order valence-electron chi connectivity index (χ1n) is 6.31. The summed E-state index contributed by atoms with van der Waals surface area (Å²) in [6.07, 6.45) is 0.794. The van der Waals surface area contributed by atoms with Crippen LogP contribution in [-0.2, 0) is 26.0 Å². The molecule has 0 atom stereocenters. The van der Waals surface area contributed by atoms with Crippen molar-refractivity contribution in [2.75, 3.05) is 0 Å². The lowest BCUT2D eigenvalue weighted by atomic mass is 10.4. The molecule has 104 valence electrons. The first-order chi connectivity index (χ1) is 9.06. The third-order valence-corrected chi connectivity index (χ3v) is 3.43. The molecule has 2 rings (SSSR count). The van der Waals surface area contributed by atoms with Crippen molar-refractivity contribution in [1.82, 2.24) is 18.7 Å².